The van der Waals surface area contributed by atoms with Crippen molar-refractivity contribution < 1.29 is 18.7 Å². The summed E-state index contributed by atoms with van der Waals surface area (Å²) >= 11 is 0. The molecule has 28 heavy (non-hydrogen) atoms. The highest BCUT2D eigenvalue weighted by atomic mass is 19.1. The van der Waals surface area contributed by atoms with Crippen LogP contribution < -0.4 is 10.2 Å². The van der Waals surface area contributed by atoms with Crippen LogP contribution in [0, 0.1) is 5.82 Å². The second kappa shape index (κ2) is 8.20. The molecule has 1 aromatic carbocycles. The summed E-state index contributed by atoms with van der Waals surface area (Å²) in [7, 11) is 0. The van der Waals surface area contributed by atoms with Crippen LogP contribution in [0.1, 0.15) is 28.9 Å². The predicted molar refractivity (Wildman–Crippen MR) is 101 cm³/mol. The van der Waals surface area contributed by atoms with E-state index in [1.54, 1.807) is 24.3 Å². The van der Waals surface area contributed by atoms with Crippen LogP contribution >= 0.6 is 0 Å². The van der Waals surface area contributed by atoms with E-state index < -0.39 is 5.79 Å². The maximum atomic E-state index is 13.6. The number of benzene rings is 1. The third-order valence-corrected chi connectivity index (χ3v) is 5.19. The summed E-state index contributed by atoms with van der Waals surface area (Å²) in [6.07, 6.45) is 3.35. The average Bonchev–Trinajstić information content (AvgIpc) is 3.18. The smallest absolute Gasteiger partial charge is 0.270 e. The van der Waals surface area contributed by atoms with Crippen LogP contribution in [-0.2, 0) is 15.9 Å². The van der Waals surface area contributed by atoms with Gasteiger partial charge in [-0.3, -0.25) is 4.79 Å². The Labute approximate surface area is 162 Å². The van der Waals surface area contributed by atoms with Crippen molar-refractivity contribution in [2.45, 2.75) is 25.0 Å². The first kappa shape index (κ1) is 18.8. The highest BCUT2D eigenvalue weighted by Gasteiger charge is 2.40. The number of halogens is 1. The van der Waals surface area contributed by atoms with Crippen molar-refractivity contribution in [1.29, 1.82) is 0 Å². The monoisotopic (exact) mass is 386 g/mol. The molecule has 1 aromatic heterocycles. The molecule has 0 atom stereocenters. The number of hydrogen-bond donors (Lipinski definition) is 1. The SMILES string of the molecule is O=C(NCCc1ccccc1F)c1cc(N2CCC3(CC2)OCCO3)ncn1. The van der Waals surface area contributed by atoms with E-state index in [1.165, 1.54) is 12.4 Å². The lowest BCUT2D eigenvalue weighted by atomic mass is 10.0. The molecule has 2 fully saturated rings. The van der Waals surface area contributed by atoms with Gasteiger partial charge in [0, 0.05) is 38.5 Å². The van der Waals surface area contributed by atoms with Gasteiger partial charge in [-0.2, -0.15) is 0 Å². The number of anilines is 1. The molecule has 2 aliphatic rings. The van der Waals surface area contributed by atoms with Gasteiger partial charge in [-0.1, -0.05) is 18.2 Å². The highest BCUT2D eigenvalue weighted by molar-refractivity contribution is 5.92. The average molecular weight is 386 g/mol. The van der Waals surface area contributed by atoms with E-state index in [0.29, 0.717) is 43.3 Å². The van der Waals surface area contributed by atoms with E-state index in [2.05, 4.69) is 20.2 Å². The fraction of sp³-hybridized carbons (Fsp3) is 0.450. The molecule has 1 spiro atoms. The Kier molecular flexibility index (Phi) is 5.50. The van der Waals surface area contributed by atoms with Crippen LogP contribution in [0.15, 0.2) is 36.7 Å². The van der Waals surface area contributed by atoms with Gasteiger partial charge in [0.25, 0.3) is 5.91 Å². The summed E-state index contributed by atoms with van der Waals surface area (Å²) in [5.74, 6) is -0.298. The number of aromatic nitrogens is 2. The van der Waals surface area contributed by atoms with Gasteiger partial charge in [0.2, 0.25) is 0 Å². The van der Waals surface area contributed by atoms with Gasteiger partial charge < -0.3 is 19.7 Å². The summed E-state index contributed by atoms with van der Waals surface area (Å²) in [4.78, 5) is 22.9. The molecule has 1 N–H and O–H groups in total. The van der Waals surface area contributed by atoms with Gasteiger partial charge in [0.1, 0.15) is 23.7 Å². The number of nitrogens with one attached hydrogen (secondary N) is 1. The fourth-order valence-electron chi connectivity index (χ4n) is 3.61. The molecule has 0 unspecified atom stereocenters. The molecule has 0 saturated carbocycles. The van der Waals surface area contributed by atoms with Crippen molar-refractivity contribution in [3.05, 3.63) is 53.7 Å². The number of carbonyl (C=O) groups excluding carboxylic acids is 1. The highest BCUT2D eigenvalue weighted by Crippen LogP contribution is 2.32. The molecule has 0 radical (unpaired) electrons. The zero-order chi connectivity index (χ0) is 19.4. The minimum Gasteiger partial charge on any atom is -0.356 e. The number of amides is 1. The van der Waals surface area contributed by atoms with Crippen LogP contribution in [0.5, 0.6) is 0 Å². The maximum absolute atomic E-state index is 13.6. The third kappa shape index (κ3) is 4.13. The minimum atomic E-state index is -0.448. The van der Waals surface area contributed by atoms with Gasteiger partial charge in [-0.05, 0) is 18.1 Å². The first-order valence-electron chi connectivity index (χ1n) is 9.52. The van der Waals surface area contributed by atoms with Crippen LogP contribution in [0.3, 0.4) is 0 Å². The van der Waals surface area contributed by atoms with E-state index in [9.17, 15) is 9.18 Å². The predicted octanol–water partition coefficient (Wildman–Crippen LogP) is 1.93. The van der Waals surface area contributed by atoms with Gasteiger partial charge in [0.15, 0.2) is 5.79 Å². The molecular weight excluding hydrogens is 363 g/mol. The number of carbonyl (C=O) groups is 1. The maximum Gasteiger partial charge on any atom is 0.270 e. The zero-order valence-corrected chi connectivity index (χ0v) is 15.6. The lowest BCUT2D eigenvalue weighted by Crippen LogP contribution is -2.45. The first-order chi connectivity index (χ1) is 13.7. The quantitative estimate of drug-likeness (QED) is 0.846. The number of piperidine rings is 1. The first-order valence-corrected chi connectivity index (χ1v) is 9.52. The summed E-state index contributed by atoms with van der Waals surface area (Å²) < 4.78 is 25.1. The van der Waals surface area contributed by atoms with E-state index >= 15 is 0 Å². The van der Waals surface area contributed by atoms with Crippen molar-refractivity contribution in [2.75, 3.05) is 37.7 Å². The van der Waals surface area contributed by atoms with Crippen molar-refractivity contribution in [3.8, 4) is 0 Å². The Morgan fingerprint density at radius 2 is 1.93 bits per heavy atom. The Morgan fingerprint density at radius 3 is 2.68 bits per heavy atom. The molecule has 7 nitrogen and oxygen atoms in total. The minimum absolute atomic E-state index is 0.265. The van der Waals surface area contributed by atoms with Gasteiger partial charge in [0.05, 0.1) is 13.2 Å². The largest absolute Gasteiger partial charge is 0.356 e. The lowest BCUT2D eigenvalue weighted by molar-refractivity contribution is -0.169. The molecule has 2 aromatic rings. The third-order valence-electron chi connectivity index (χ3n) is 5.19. The summed E-state index contributed by atoms with van der Waals surface area (Å²) in [5.41, 5.74) is 0.872. The Balaban J connectivity index is 1.33. The van der Waals surface area contributed by atoms with Crippen LogP contribution in [-0.4, -0.2) is 54.5 Å². The Hall–Kier alpha value is -2.58. The van der Waals surface area contributed by atoms with Crippen molar-refractivity contribution in [1.82, 2.24) is 15.3 Å². The molecule has 4 rings (SSSR count). The summed E-state index contributed by atoms with van der Waals surface area (Å²) in [6, 6.07) is 8.24. The molecular formula is C20H23FN4O3. The molecule has 2 aliphatic heterocycles. The zero-order valence-electron chi connectivity index (χ0n) is 15.6. The molecule has 8 heteroatoms. The molecule has 1 amide bonds. The number of rotatable bonds is 5. The van der Waals surface area contributed by atoms with E-state index in [1.807, 2.05) is 0 Å². The summed E-state index contributed by atoms with van der Waals surface area (Å²) in [5, 5.41) is 2.79. The molecule has 0 bridgehead atoms. The standard InChI is InChI=1S/C20H23FN4O3/c21-16-4-2-1-3-15(16)5-8-22-19(26)17-13-18(24-14-23-17)25-9-6-20(7-10-25)27-11-12-28-20/h1-4,13-14H,5-12H2,(H,22,26). The number of nitrogens with zero attached hydrogens (tertiary/aromatic N) is 3. The molecule has 3 heterocycles. The van der Waals surface area contributed by atoms with Crippen molar-refractivity contribution in [3.63, 3.8) is 0 Å². The van der Waals surface area contributed by atoms with Gasteiger partial charge in [-0.25, -0.2) is 14.4 Å². The van der Waals surface area contributed by atoms with E-state index in [4.69, 9.17) is 9.47 Å². The number of ether oxygens (including phenoxy) is 2. The number of hydrogen-bond acceptors (Lipinski definition) is 6. The van der Waals surface area contributed by atoms with E-state index in [-0.39, 0.29) is 11.7 Å². The van der Waals surface area contributed by atoms with Crippen LogP contribution in [0.25, 0.3) is 0 Å². The van der Waals surface area contributed by atoms with Crippen LogP contribution in [0.2, 0.25) is 0 Å². The molecule has 148 valence electrons. The second-order valence-corrected chi connectivity index (χ2v) is 6.95. The fourth-order valence-corrected chi connectivity index (χ4v) is 3.61. The topological polar surface area (TPSA) is 76.6 Å². The second-order valence-electron chi connectivity index (χ2n) is 6.95. The molecule has 0 aliphatic carbocycles. The lowest BCUT2D eigenvalue weighted by Gasteiger charge is -2.38. The van der Waals surface area contributed by atoms with Crippen LogP contribution in [0.4, 0.5) is 10.2 Å². The van der Waals surface area contributed by atoms with E-state index in [0.717, 1.165) is 25.9 Å². The van der Waals surface area contributed by atoms with Crippen molar-refractivity contribution >= 4 is 11.7 Å². The van der Waals surface area contributed by atoms with Crippen molar-refractivity contribution in [2.24, 2.45) is 0 Å². The molecule has 2 saturated heterocycles. The summed E-state index contributed by atoms with van der Waals surface area (Å²) in [6.45, 7) is 3.10. The Morgan fingerprint density at radius 1 is 1.18 bits per heavy atom. The van der Waals surface area contributed by atoms with Gasteiger partial charge in [-0.15, -0.1) is 0 Å². The van der Waals surface area contributed by atoms with Gasteiger partial charge >= 0.3 is 0 Å². The normalized spacial score (nSPS) is 18.4. The Bertz CT molecular complexity index is 832.